The summed E-state index contributed by atoms with van der Waals surface area (Å²) in [5, 5.41) is 3.97. The standard InChI is InChI=1S/C13H18Cl2FN/c1-4-5-17-9(3)8(2)10-6-13(16)12(15)7-11(10)14/h6-9,17H,4-5H2,1-3H3. The summed E-state index contributed by atoms with van der Waals surface area (Å²) in [6, 6.07) is 3.14. The van der Waals surface area contributed by atoms with Gasteiger partial charge in [-0.3, -0.25) is 0 Å². The van der Waals surface area contributed by atoms with E-state index in [1.165, 1.54) is 12.1 Å². The molecule has 1 aromatic carbocycles. The van der Waals surface area contributed by atoms with Gasteiger partial charge in [-0.05, 0) is 43.5 Å². The predicted molar refractivity (Wildman–Crippen MR) is 72.6 cm³/mol. The minimum Gasteiger partial charge on any atom is -0.314 e. The van der Waals surface area contributed by atoms with Gasteiger partial charge in [0.2, 0.25) is 0 Å². The zero-order chi connectivity index (χ0) is 13.0. The van der Waals surface area contributed by atoms with E-state index >= 15 is 0 Å². The molecule has 0 bridgehead atoms. The average molecular weight is 278 g/mol. The molecule has 0 aromatic heterocycles. The summed E-state index contributed by atoms with van der Waals surface area (Å²) < 4.78 is 13.4. The molecule has 0 aliphatic carbocycles. The molecular formula is C13H18Cl2FN. The molecular weight excluding hydrogens is 260 g/mol. The van der Waals surface area contributed by atoms with Crippen molar-refractivity contribution in [2.24, 2.45) is 0 Å². The van der Waals surface area contributed by atoms with Gasteiger partial charge in [-0.1, -0.05) is 37.0 Å². The van der Waals surface area contributed by atoms with Crippen LogP contribution in [0.5, 0.6) is 0 Å². The van der Waals surface area contributed by atoms with E-state index in [0.29, 0.717) is 5.02 Å². The van der Waals surface area contributed by atoms with E-state index in [4.69, 9.17) is 23.2 Å². The Morgan fingerprint density at radius 3 is 2.47 bits per heavy atom. The van der Waals surface area contributed by atoms with Gasteiger partial charge in [0.15, 0.2) is 0 Å². The fourth-order valence-corrected chi connectivity index (χ4v) is 2.26. The van der Waals surface area contributed by atoms with Gasteiger partial charge in [-0.2, -0.15) is 0 Å². The zero-order valence-electron chi connectivity index (χ0n) is 10.4. The van der Waals surface area contributed by atoms with Gasteiger partial charge >= 0.3 is 0 Å². The number of benzene rings is 1. The maximum Gasteiger partial charge on any atom is 0.142 e. The lowest BCUT2D eigenvalue weighted by molar-refractivity contribution is 0.479. The van der Waals surface area contributed by atoms with Gasteiger partial charge in [0.05, 0.1) is 5.02 Å². The number of nitrogens with one attached hydrogen (secondary N) is 1. The molecule has 1 aromatic rings. The van der Waals surface area contributed by atoms with Crippen LogP contribution >= 0.6 is 23.2 Å². The van der Waals surface area contributed by atoms with Crippen LogP contribution in [0.1, 0.15) is 38.7 Å². The molecule has 0 amide bonds. The van der Waals surface area contributed by atoms with E-state index in [-0.39, 0.29) is 17.0 Å². The van der Waals surface area contributed by atoms with Crippen molar-refractivity contribution < 1.29 is 4.39 Å². The molecule has 0 fully saturated rings. The molecule has 0 saturated carbocycles. The molecule has 1 rings (SSSR count). The van der Waals surface area contributed by atoms with Gasteiger partial charge in [0, 0.05) is 11.1 Å². The molecule has 1 N–H and O–H groups in total. The molecule has 0 radical (unpaired) electrons. The van der Waals surface area contributed by atoms with Crippen LogP contribution < -0.4 is 5.32 Å². The van der Waals surface area contributed by atoms with Crippen LogP contribution in [0.2, 0.25) is 10.0 Å². The molecule has 4 heteroatoms. The second kappa shape index (κ2) is 6.58. The highest BCUT2D eigenvalue weighted by Gasteiger charge is 2.18. The summed E-state index contributed by atoms with van der Waals surface area (Å²) in [5.74, 6) is -0.276. The summed E-state index contributed by atoms with van der Waals surface area (Å²) in [6.07, 6.45) is 1.07. The van der Waals surface area contributed by atoms with Crippen LogP contribution in [0.3, 0.4) is 0 Å². The molecule has 2 atom stereocenters. The van der Waals surface area contributed by atoms with E-state index < -0.39 is 5.82 Å². The van der Waals surface area contributed by atoms with Crippen molar-refractivity contribution in [2.45, 2.75) is 39.2 Å². The van der Waals surface area contributed by atoms with Crippen molar-refractivity contribution in [3.05, 3.63) is 33.6 Å². The second-order valence-electron chi connectivity index (χ2n) is 4.32. The van der Waals surface area contributed by atoms with Gasteiger partial charge in [-0.25, -0.2) is 4.39 Å². The van der Waals surface area contributed by atoms with E-state index in [1.807, 2.05) is 6.92 Å². The fraction of sp³-hybridized carbons (Fsp3) is 0.538. The molecule has 0 heterocycles. The summed E-state index contributed by atoms with van der Waals surface area (Å²) in [7, 11) is 0. The molecule has 1 nitrogen and oxygen atoms in total. The summed E-state index contributed by atoms with van der Waals surface area (Å²) in [6.45, 7) is 7.16. The third kappa shape index (κ3) is 3.84. The first-order chi connectivity index (χ1) is 7.97. The number of hydrogen-bond donors (Lipinski definition) is 1. The minimum atomic E-state index is -0.416. The van der Waals surface area contributed by atoms with Crippen molar-refractivity contribution >= 4 is 23.2 Å². The van der Waals surface area contributed by atoms with E-state index in [9.17, 15) is 4.39 Å². The Morgan fingerprint density at radius 2 is 1.88 bits per heavy atom. The third-order valence-electron chi connectivity index (χ3n) is 3.00. The quantitative estimate of drug-likeness (QED) is 0.775. The van der Waals surface area contributed by atoms with Crippen molar-refractivity contribution in [3.8, 4) is 0 Å². The molecule has 0 aliphatic heterocycles. The molecule has 96 valence electrons. The monoisotopic (exact) mass is 277 g/mol. The topological polar surface area (TPSA) is 12.0 Å². The lowest BCUT2D eigenvalue weighted by atomic mass is 9.94. The maximum absolute atomic E-state index is 13.4. The van der Waals surface area contributed by atoms with Crippen molar-refractivity contribution in [2.75, 3.05) is 6.54 Å². The minimum absolute atomic E-state index is 0.0696. The summed E-state index contributed by atoms with van der Waals surface area (Å²) in [5.41, 5.74) is 0.796. The van der Waals surface area contributed by atoms with E-state index in [2.05, 4.69) is 19.2 Å². The fourth-order valence-electron chi connectivity index (χ4n) is 1.71. The Kier molecular flexibility index (Phi) is 5.71. The maximum atomic E-state index is 13.4. The Bertz CT molecular complexity index is 382. The largest absolute Gasteiger partial charge is 0.314 e. The first-order valence-electron chi connectivity index (χ1n) is 5.85. The van der Waals surface area contributed by atoms with Crippen LogP contribution in [0.15, 0.2) is 12.1 Å². The van der Waals surface area contributed by atoms with Gasteiger partial charge in [0.25, 0.3) is 0 Å². The highest BCUT2D eigenvalue weighted by Crippen LogP contribution is 2.31. The van der Waals surface area contributed by atoms with Gasteiger partial charge in [0.1, 0.15) is 5.82 Å². The lowest BCUT2D eigenvalue weighted by Crippen LogP contribution is -2.31. The van der Waals surface area contributed by atoms with Crippen LogP contribution in [-0.4, -0.2) is 12.6 Å². The molecule has 0 aliphatic rings. The Balaban J connectivity index is 2.88. The first-order valence-corrected chi connectivity index (χ1v) is 6.60. The third-order valence-corrected chi connectivity index (χ3v) is 3.61. The van der Waals surface area contributed by atoms with E-state index in [1.54, 1.807) is 0 Å². The first kappa shape index (κ1) is 14.7. The highest BCUT2D eigenvalue weighted by atomic mass is 35.5. The number of rotatable bonds is 5. The average Bonchev–Trinajstić information content (AvgIpc) is 2.29. The van der Waals surface area contributed by atoms with Crippen LogP contribution in [0.25, 0.3) is 0 Å². The molecule has 0 saturated heterocycles. The summed E-state index contributed by atoms with van der Waals surface area (Å²) in [4.78, 5) is 0. The molecule has 2 unspecified atom stereocenters. The Labute approximate surface area is 112 Å². The van der Waals surface area contributed by atoms with Crippen molar-refractivity contribution in [1.29, 1.82) is 0 Å². The SMILES string of the molecule is CCCNC(C)C(C)c1cc(F)c(Cl)cc1Cl. The molecule has 17 heavy (non-hydrogen) atoms. The predicted octanol–water partition coefficient (Wildman–Crippen LogP) is 4.62. The van der Waals surface area contributed by atoms with E-state index in [0.717, 1.165) is 18.5 Å². The van der Waals surface area contributed by atoms with Crippen molar-refractivity contribution in [3.63, 3.8) is 0 Å². The smallest absolute Gasteiger partial charge is 0.142 e. The molecule has 0 spiro atoms. The Hall–Kier alpha value is -0.310. The zero-order valence-corrected chi connectivity index (χ0v) is 11.9. The van der Waals surface area contributed by atoms with Crippen LogP contribution in [0.4, 0.5) is 4.39 Å². The number of halogens is 3. The van der Waals surface area contributed by atoms with Crippen molar-refractivity contribution in [1.82, 2.24) is 5.32 Å². The van der Waals surface area contributed by atoms with Gasteiger partial charge in [-0.15, -0.1) is 0 Å². The lowest BCUT2D eigenvalue weighted by Gasteiger charge is -2.22. The summed E-state index contributed by atoms with van der Waals surface area (Å²) >= 11 is 11.8. The second-order valence-corrected chi connectivity index (χ2v) is 5.13. The van der Waals surface area contributed by atoms with Crippen LogP contribution in [-0.2, 0) is 0 Å². The van der Waals surface area contributed by atoms with Gasteiger partial charge < -0.3 is 5.32 Å². The Morgan fingerprint density at radius 1 is 1.24 bits per heavy atom. The number of hydrogen-bond acceptors (Lipinski definition) is 1. The highest BCUT2D eigenvalue weighted by molar-refractivity contribution is 6.35. The van der Waals surface area contributed by atoms with Crippen LogP contribution in [0, 0.1) is 5.82 Å². The normalized spacial score (nSPS) is 14.7.